The molecule has 18 heavy (non-hydrogen) atoms. The largest absolute Gasteiger partial charge is 0.507 e. The summed E-state index contributed by atoms with van der Waals surface area (Å²) in [6.45, 7) is 0. The van der Waals surface area contributed by atoms with E-state index in [1.807, 2.05) is 18.2 Å². The molecule has 4 heteroatoms. The molecule has 0 amide bonds. The normalized spacial score (nSPS) is 10.7. The average molecular weight is 239 g/mol. The maximum Gasteiger partial charge on any atom is 0.127 e. The van der Waals surface area contributed by atoms with Crippen molar-refractivity contribution >= 4 is 10.9 Å². The quantitative estimate of drug-likeness (QED) is 0.723. The smallest absolute Gasteiger partial charge is 0.127 e. The van der Waals surface area contributed by atoms with Crippen LogP contribution in [0.15, 0.2) is 36.5 Å². The highest BCUT2D eigenvalue weighted by molar-refractivity contribution is 5.97. The first-order valence-corrected chi connectivity index (χ1v) is 5.51. The molecule has 0 aliphatic rings. The van der Waals surface area contributed by atoms with Crippen molar-refractivity contribution in [3.05, 3.63) is 42.6 Å². The van der Waals surface area contributed by atoms with E-state index >= 15 is 0 Å². The maximum atomic E-state index is 10.0. The highest BCUT2D eigenvalue weighted by Crippen LogP contribution is 2.36. The van der Waals surface area contributed by atoms with Crippen LogP contribution in [0.3, 0.4) is 0 Å². The summed E-state index contributed by atoms with van der Waals surface area (Å²) in [4.78, 5) is 0. The molecule has 3 rings (SSSR count). The molecule has 0 atom stereocenters. The van der Waals surface area contributed by atoms with Gasteiger partial charge in [0, 0.05) is 17.0 Å². The summed E-state index contributed by atoms with van der Waals surface area (Å²) in [7, 11) is 1.59. The first-order valence-electron chi connectivity index (χ1n) is 5.51. The number of aromatic nitrogens is 2. The molecule has 4 nitrogen and oxygen atoms in total. The summed E-state index contributed by atoms with van der Waals surface area (Å²) in [5.74, 6) is 0.834. The second-order valence-corrected chi connectivity index (χ2v) is 3.92. The van der Waals surface area contributed by atoms with E-state index in [2.05, 4.69) is 16.3 Å². The number of phenols is 1. The van der Waals surface area contributed by atoms with Gasteiger partial charge in [0.05, 0.1) is 18.8 Å². The zero-order valence-corrected chi connectivity index (χ0v) is 9.77. The Morgan fingerprint density at radius 2 is 2.17 bits per heavy atom. The van der Waals surface area contributed by atoms with Crippen molar-refractivity contribution < 1.29 is 9.84 Å². The number of ether oxygens (including phenoxy) is 1. The maximum absolute atomic E-state index is 10.0. The summed E-state index contributed by atoms with van der Waals surface area (Å²) in [6, 6.07) is 12.1. The van der Waals surface area contributed by atoms with Gasteiger partial charge in [-0.3, -0.25) is 5.10 Å². The van der Waals surface area contributed by atoms with Crippen LogP contribution in [0.25, 0.3) is 22.0 Å². The molecule has 3 aromatic rings. The Morgan fingerprint density at radius 1 is 1.28 bits per heavy atom. The molecular formula is C14H11N2O2. The van der Waals surface area contributed by atoms with E-state index in [0.717, 1.165) is 16.5 Å². The highest BCUT2D eigenvalue weighted by Gasteiger charge is 2.11. The molecule has 1 heterocycles. The molecule has 0 saturated carbocycles. The molecule has 2 aromatic carbocycles. The van der Waals surface area contributed by atoms with Gasteiger partial charge in [0.25, 0.3) is 0 Å². The van der Waals surface area contributed by atoms with Crippen molar-refractivity contribution in [2.45, 2.75) is 0 Å². The summed E-state index contributed by atoms with van der Waals surface area (Å²) < 4.78 is 5.15. The monoisotopic (exact) mass is 239 g/mol. The predicted molar refractivity (Wildman–Crippen MR) is 68.6 cm³/mol. The lowest BCUT2D eigenvalue weighted by molar-refractivity contribution is 0.414. The molecular weight excluding hydrogens is 228 g/mol. The molecule has 0 saturated heterocycles. The molecule has 1 radical (unpaired) electrons. The van der Waals surface area contributed by atoms with Crippen molar-refractivity contribution in [1.29, 1.82) is 0 Å². The Hall–Kier alpha value is -2.49. The summed E-state index contributed by atoms with van der Waals surface area (Å²) >= 11 is 0. The lowest BCUT2D eigenvalue weighted by Gasteiger charge is -2.07. The lowest BCUT2D eigenvalue weighted by atomic mass is 10.0. The number of fused-ring (bicyclic) bond motifs is 1. The van der Waals surface area contributed by atoms with Crippen molar-refractivity contribution in [3.8, 4) is 22.6 Å². The van der Waals surface area contributed by atoms with Gasteiger partial charge in [0.1, 0.15) is 11.5 Å². The second kappa shape index (κ2) is 4.07. The predicted octanol–water partition coefficient (Wildman–Crippen LogP) is 2.74. The van der Waals surface area contributed by atoms with Gasteiger partial charge in [0.2, 0.25) is 0 Å². The summed E-state index contributed by atoms with van der Waals surface area (Å²) in [5.41, 5.74) is 2.36. The fraction of sp³-hybridized carbons (Fsp3) is 0.0714. The SMILES string of the molecule is COc1[c]c(-c2c(O)ccc3[nH]ncc23)ccc1. The van der Waals surface area contributed by atoms with Gasteiger partial charge in [-0.15, -0.1) is 0 Å². The number of phenolic OH excluding ortho intramolecular Hbond substituents is 1. The minimum Gasteiger partial charge on any atom is -0.507 e. The van der Waals surface area contributed by atoms with Crippen molar-refractivity contribution in [1.82, 2.24) is 10.2 Å². The van der Waals surface area contributed by atoms with E-state index in [0.29, 0.717) is 11.3 Å². The van der Waals surface area contributed by atoms with Gasteiger partial charge in [-0.1, -0.05) is 12.1 Å². The molecule has 1 aromatic heterocycles. The van der Waals surface area contributed by atoms with Crippen LogP contribution in [0.2, 0.25) is 0 Å². The zero-order chi connectivity index (χ0) is 12.5. The fourth-order valence-corrected chi connectivity index (χ4v) is 2.00. The first kappa shape index (κ1) is 10.7. The Balaban J connectivity index is 2.29. The number of aromatic amines is 1. The number of rotatable bonds is 2. The number of aromatic hydroxyl groups is 1. The number of H-pyrrole nitrogens is 1. The number of hydrogen-bond donors (Lipinski definition) is 2. The van der Waals surface area contributed by atoms with Gasteiger partial charge in [0.15, 0.2) is 0 Å². The molecule has 89 valence electrons. The van der Waals surface area contributed by atoms with E-state index in [9.17, 15) is 5.11 Å². The number of methoxy groups -OCH3 is 1. The van der Waals surface area contributed by atoms with Gasteiger partial charge in [-0.05, 0) is 23.8 Å². The Morgan fingerprint density at radius 3 is 3.00 bits per heavy atom. The van der Waals surface area contributed by atoms with Crippen LogP contribution in [-0.2, 0) is 0 Å². The average Bonchev–Trinajstić information content (AvgIpc) is 2.87. The Bertz CT molecular complexity index is 704. The number of nitrogens with one attached hydrogen (secondary N) is 1. The van der Waals surface area contributed by atoms with Crippen LogP contribution in [0.4, 0.5) is 0 Å². The fourth-order valence-electron chi connectivity index (χ4n) is 2.00. The Labute approximate surface area is 104 Å². The molecule has 0 aliphatic heterocycles. The van der Waals surface area contributed by atoms with E-state index in [4.69, 9.17) is 4.74 Å². The Kier molecular flexibility index (Phi) is 2.41. The van der Waals surface area contributed by atoms with E-state index in [1.54, 1.807) is 25.4 Å². The van der Waals surface area contributed by atoms with Crippen LogP contribution in [0.1, 0.15) is 0 Å². The van der Waals surface area contributed by atoms with E-state index in [-0.39, 0.29) is 5.75 Å². The van der Waals surface area contributed by atoms with Crippen LogP contribution >= 0.6 is 0 Å². The number of nitrogens with zero attached hydrogens (tertiary/aromatic N) is 1. The van der Waals surface area contributed by atoms with Gasteiger partial charge in [-0.25, -0.2) is 0 Å². The van der Waals surface area contributed by atoms with Gasteiger partial charge in [-0.2, -0.15) is 5.10 Å². The van der Waals surface area contributed by atoms with Crippen LogP contribution in [0.5, 0.6) is 11.5 Å². The van der Waals surface area contributed by atoms with Gasteiger partial charge < -0.3 is 9.84 Å². The topological polar surface area (TPSA) is 58.1 Å². The molecule has 2 N–H and O–H groups in total. The minimum atomic E-state index is 0.202. The van der Waals surface area contributed by atoms with E-state index < -0.39 is 0 Å². The zero-order valence-electron chi connectivity index (χ0n) is 9.77. The molecule has 0 bridgehead atoms. The lowest BCUT2D eigenvalue weighted by Crippen LogP contribution is -1.85. The van der Waals surface area contributed by atoms with Crippen molar-refractivity contribution in [2.75, 3.05) is 7.11 Å². The third-order valence-corrected chi connectivity index (χ3v) is 2.86. The molecule has 0 unspecified atom stereocenters. The molecule has 0 fully saturated rings. The van der Waals surface area contributed by atoms with Crippen molar-refractivity contribution in [2.24, 2.45) is 0 Å². The molecule has 0 aliphatic carbocycles. The summed E-state index contributed by atoms with van der Waals surface area (Å²) in [5, 5.41) is 17.8. The van der Waals surface area contributed by atoms with Crippen LogP contribution < -0.4 is 4.74 Å². The third-order valence-electron chi connectivity index (χ3n) is 2.86. The van der Waals surface area contributed by atoms with Gasteiger partial charge >= 0.3 is 0 Å². The van der Waals surface area contributed by atoms with Crippen LogP contribution in [0, 0.1) is 6.07 Å². The third kappa shape index (κ3) is 1.59. The molecule has 0 spiro atoms. The highest BCUT2D eigenvalue weighted by atomic mass is 16.5. The minimum absolute atomic E-state index is 0.202. The second-order valence-electron chi connectivity index (χ2n) is 3.92. The van der Waals surface area contributed by atoms with Crippen molar-refractivity contribution in [3.63, 3.8) is 0 Å². The van der Waals surface area contributed by atoms with Crippen LogP contribution in [-0.4, -0.2) is 22.4 Å². The number of hydrogen-bond acceptors (Lipinski definition) is 3. The number of benzene rings is 2. The standard InChI is InChI=1S/C14H11N2O2/c1-18-10-4-2-3-9(7-10)14-11-8-15-16-12(11)5-6-13(14)17/h2-6,8,17H,1H3,(H,15,16). The summed E-state index contributed by atoms with van der Waals surface area (Å²) in [6.07, 6.45) is 1.69. The van der Waals surface area contributed by atoms with E-state index in [1.165, 1.54) is 0 Å². The first-order chi connectivity index (χ1) is 8.79.